The maximum atomic E-state index is 13.1. The van der Waals surface area contributed by atoms with Crippen molar-refractivity contribution < 1.29 is 23.9 Å². The number of rotatable bonds is 10. The Morgan fingerprint density at radius 1 is 1.30 bits per heavy atom. The largest absolute Gasteiger partial charge is 0.473 e. The van der Waals surface area contributed by atoms with Crippen LogP contribution in [0.15, 0.2) is 22.9 Å². The highest BCUT2D eigenvalue weighted by atomic mass is 16.6. The lowest BCUT2D eigenvalue weighted by Crippen LogP contribution is -2.41. The van der Waals surface area contributed by atoms with Gasteiger partial charge in [0.15, 0.2) is 6.29 Å². The number of aliphatic hydroxyl groups excluding tert-OH is 1. The first kappa shape index (κ1) is 28.4. The fourth-order valence-corrected chi connectivity index (χ4v) is 6.39. The summed E-state index contributed by atoms with van der Waals surface area (Å²) in [6.07, 6.45) is 9.47. The van der Waals surface area contributed by atoms with Crippen LogP contribution in [0.2, 0.25) is 0 Å². The van der Waals surface area contributed by atoms with Crippen LogP contribution in [0.5, 0.6) is 5.88 Å². The first-order valence-electron chi connectivity index (χ1n) is 14.4. The SMILES string of the molecule is CCOC(O)C(=N)/C=C\Nc1cc(O[C@@H](C)[C@@H]2CCCN2C)nc(-c2onc3c2CCC[C@@]32CCCCC2=O)n1. The van der Waals surface area contributed by atoms with Crippen molar-refractivity contribution in [3.05, 3.63) is 29.6 Å². The second kappa shape index (κ2) is 12.2. The van der Waals surface area contributed by atoms with Crippen LogP contribution in [-0.2, 0) is 21.4 Å². The molecule has 3 aliphatic rings. The lowest BCUT2D eigenvalue weighted by atomic mass is 9.64. The Morgan fingerprint density at radius 3 is 2.88 bits per heavy atom. The molecule has 1 saturated heterocycles. The summed E-state index contributed by atoms with van der Waals surface area (Å²) in [5, 5.41) is 25.4. The summed E-state index contributed by atoms with van der Waals surface area (Å²) in [6.45, 7) is 5.13. The average molecular weight is 553 g/mol. The van der Waals surface area contributed by atoms with Gasteiger partial charge in [-0.15, -0.1) is 0 Å². The lowest BCUT2D eigenvalue weighted by Gasteiger charge is -2.37. The lowest BCUT2D eigenvalue weighted by molar-refractivity contribution is -0.127. The Balaban J connectivity index is 1.46. The number of nitrogens with one attached hydrogen (secondary N) is 2. The number of Topliss-reactive ketones (excluding diaryl/α,β-unsaturated/α-hetero) is 1. The monoisotopic (exact) mass is 552 g/mol. The van der Waals surface area contributed by atoms with Crippen LogP contribution in [0.1, 0.15) is 76.5 Å². The molecule has 216 valence electrons. The molecular weight excluding hydrogens is 512 g/mol. The van der Waals surface area contributed by atoms with Crippen molar-refractivity contribution >= 4 is 17.3 Å². The molecule has 4 atom stereocenters. The van der Waals surface area contributed by atoms with Crippen molar-refractivity contribution in [2.45, 2.75) is 95.5 Å². The van der Waals surface area contributed by atoms with Gasteiger partial charge >= 0.3 is 0 Å². The number of hydrogen-bond acceptors (Lipinski definition) is 11. The van der Waals surface area contributed by atoms with Gasteiger partial charge in [-0.25, -0.2) is 4.98 Å². The smallest absolute Gasteiger partial charge is 0.219 e. The summed E-state index contributed by atoms with van der Waals surface area (Å²) in [5.41, 5.74) is 1.01. The summed E-state index contributed by atoms with van der Waals surface area (Å²) in [7, 11) is 2.11. The molecule has 5 rings (SSSR count). The van der Waals surface area contributed by atoms with E-state index in [0.717, 1.165) is 69.2 Å². The van der Waals surface area contributed by atoms with Crippen LogP contribution >= 0.6 is 0 Å². The Hall–Kier alpha value is -3.15. The second-order valence-electron chi connectivity index (χ2n) is 11.1. The second-order valence-corrected chi connectivity index (χ2v) is 11.1. The molecule has 3 N–H and O–H groups in total. The van der Waals surface area contributed by atoms with E-state index in [-0.39, 0.29) is 23.6 Å². The third kappa shape index (κ3) is 5.68. The van der Waals surface area contributed by atoms with Crippen molar-refractivity contribution in [1.82, 2.24) is 20.0 Å². The zero-order valence-electron chi connectivity index (χ0n) is 23.6. The zero-order chi connectivity index (χ0) is 28.3. The Kier molecular flexibility index (Phi) is 8.62. The molecule has 11 heteroatoms. The normalized spacial score (nSPS) is 24.8. The van der Waals surface area contributed by atoms with Crippen LogP contribution < -0.4 is 10.1 Å². The predicted octanol–water partition coefficient (Wildman–Crippen LogP) is 4.01. The minimum atomic E-state index is -1.30. The van der Waals surface area contributed by atoms with Crippen LogP contribution in [0.3, 0.4) is 0 Å². The zero-order valence-corrected chi connectivity index (χ0v) is 23.6. The van der Waals surface area contributed by atoms with Gasteiger partial charge in [0.1, 0.15) is 23.4 Å². The fourth-order valence-electron chi connectivity index (χ4n) is 6.39. The minimum Gasteiger partial charge on any atom is -0.473 e. The van der Waals surface area contributed by atoms with Gasteiger partial charge in [-0.1, -0.05) is 11.6 Å². The standard InChI is InChI=1S/C29H40N6O5/c1-4-38-28(37)20(30)12-15-31-23-17-24(39-18(2)21-10-8-16-35(21)3)33-27(32-23)25-19-9-7-14-29(26(19)34-40-25)13-6-5-11-22(29)36/h12,15,17-18,21,28,30,37H,4-11,13-14,16H2,1-3H3,(H,31,32,33)/b15-12-,30-20?/t18-,21-,28?,29+/m0/s1. The molecule has 0 radical (unpaired) electrons. The van der Waals surface area contributed by atoms with Gasteiger partial charge in [0.2, 0.25) is 17.5 Å². The molecule has 1 aliphatic heterocycles. The average Bonchev–Trinajstić information content (AvgIpc) is 3.57. The van der Waals surface area contributed by atoms with Gasteiger partial charge in [-0.3, -0.25) is 15.1 Å². The van der Waals surface area contributed by atoms with Crippen molar-refractivity contribution in [3.8, 4) is 17.5 Å². The van der Waals surface area contributed by atoms with Crippen molar-refractivity contribution in [2.75, 3.05) is 25.5 Å². The number of carbonyl (C=O) groups is 1. The third-order valence-corrected chi connectivity index (χ3v) is 8.48. The number of aromatic nitrogens is 3. The Labute approximate surface area is 234 Å². The number of fused-ring (bicyclic) bond motifs is 2. The first-order chi connectivity index (χ1) is 19.3. The number of likely N-dealkylation sites (N-methyl/N-ethyl adjacent to an activating group) is 1. The third-order valence-electron chi connectivity index (χ3n) is 8.48. The molecule has 2 fully saturated rings. The van der Waals surface area contributed by atoms with E-state index in [1.54, 1.807) is 13.0 Å². The van der Waals surface area contributed by atoms with E-state index in [2.05, 4.69) is 27.4 Å². The highest BCUT2D eigenvalue weighted by molar-refractivity contribution is 5.95. The van der Waals surface area contributed by atoms with E-state index in [1.165, 1.54) is 12.3 Å². The van der Waals surface area contributed by atoms with Gasteiger partial charge in [0.25, 0.3) is 0 Å². The number of carbonyl (C=O) groups excluding carboxylic acids is 1. The molecule has 1 spiro atoms. The van der Waals surface area contributed by atoms with Crippen LogP contribution in [-0.4, -0.2) is 75.3 Å². The highest BCUT2D eigenvalue weighted by Crippen LogP contribution is 2.47. The van der Waals surface area contributed by atoms with E-state index in [0.29, 0.717) is 36.3 Å². The van der Waals surface area contributed by atoms with E-state index < -0.39 is 11.7 Å². The molecule has 1 saturated carbocycles. The number of ketones is 1. The predicted molar refractivity (Wildman–Crippen MR) is 149 cm³/mol. The number of likely N-dealkylation sites (tertiary alicyclic amines) is 1. The summed E-state index contributed by atoms with van der Waals surface area (Å²) >= 11 is 0. The van der Waals surface area contributed by atoms with E-state index >= 15 is 0 Å². The van der Waals surface area contributed by atoms with Gasteiger partial charge in [-0.05, 0) is 78.5 Å². The molecule has 0 aromatic carbocycles. The Morgan fingerprint density at radius 2 is 2.12 bits per heavy atom. The van der Waals surface area contributed by atoms with Crippen LogP contribution in [0.4, 0.5) is 5.82 Å². The molecular formula is C29H40N6O5. The number of anilines is 1. The van der Waals surface area contributed by atoms with E-state index in [4.69, 9.17) is 24.4 Å². The molecule has 2 aliphatic carbocycles. The molecule has 2 aromatic heterocycles. The number of nitrogens with zero attached hydrogens (tertiary/aromatic N) is 4. The number of hydrogen-bond donors (Lipinski definition) is 3. The number of aliphatic hydroxyl groups is 1. The fraction of sp³-hybridized carbons (Fsp3) is 0.621. The summed E-state index contributed by atoms with van der Waals surface area (Å²) in [5.74, 6) is 1.89. The maximum Gasteiger partial charge on any atom is 0.219 e. The maximum absolute atomic E-state index is 13.1. The van der Waals surface area contributed by atoms with E-state index in [1.807, 2.05) is 6.92 Å². The molecule has 1 unspecified atom stereocenters. The summed E-state index contributed by atoms with van der Waals surface area (Å²) in [4.78, 5) is 24.8. The molecule has 2 aromatic rings. The molecule has 0 amide bonds. The quantitative estimate of drug-likeness (QED) is 0.292. The number of ether oxygens (including phenoxy) is 2. The van der Waals surface area contributed by atoms with Crippen molar-refractivity contribution in [2.24, 2.45) is 0 Å². The van der Waals surface area contributed by atoms with Gasteiger partial charge in [0.05, 0.1) is 11.1 Å². The molecule has 3 heterocycles. The van der Waals surface area contributed by atoms with E-state index in [9.17, 15) is 9.90 Å². The molecule has 0 bridgehead atoms. The van der Waals surface area contributed by atoms with Gasteiger partial charge in [0, 0.05) is 36.9 Å². The summed E-state index contributed by atoms with van der Waals surface area (Å²) in [6, 6.07) is 1.99. The van der Waals surface area contributed by atoms with Crippen molar-refractivity contribution in [1.29, 1.82) is 5.41 Å². The van der Waals surface area contributed by atoms with Crippen molar-refractivity contribution in [3.63, 3.8) is 0 Å². The highest BCUT2D eigenvalue weighted by Gasteiger charge is 2.48. The van der Waals surface area contributed by atoms with Gasteiger partial charge in [-0.2, -0.15) is 4.98 Å². The summed E-state index contributed by atoms with van der Waals surface area (Å²) < 4.78 is 17.3. The Bertz CT molecular complexity index is 1260. The topological polar surface area (TPSA) is 147 Å². The van der Waals surface area contributed by atoms with Crippen LogP contribution in [0, 0.1) is 5.41 Å². The first-order valence-corrected chi connectivity index (χ1v) is 14.4. The van der Waals surface area contributed by atoms with Crippen LogP contribution in [0.25, 0.3) is 11.6 Å². The molecule has 40 heavy (non-hydrogen) atoms. The van der Waals surface area contributed by atoms with Gasteiger partial charge < -0.3 is 24.4 Å². The molecule has 11 nitrogen and oxygen atoms in total. The minimum absolute atomic E-state index is 0.0928.